The highest BCUT2D eigenvalue weighted by molar-refractivity contribution is 5.95. The minimum Gasteiger partial charge on any atom is -0.332 e. The highest BCUT2D eigenvalue weighted by Crippen LogP contribution is 2.37. The molecule has 0 aliphatic carbocycles. The van der Waals surface area contributed by atoms with E-state index in [9.17, 15) is 49.1 Å². The van der Waals surface area contributed by atoms with Gasteiger partial charge in [0.25, 0.3) is 5.91 Å². The van der Waals surface area contributed by atoms with E-state index in [-0.39, 0.29) is 24.6 Å². The van der Waals surface area contributed by atoms with E-state index in [1.165, 1.54) is 0 Å². The molecule has 0 saturated carbocycles. The van der Waals surface area contributed by atoms with E-state index in [1.807, 2.05) is 0 Å². The van der Waals surface area contributed by atoms with Gasteiger partial charge in [-0.3, -0.25) is 9.59 Å². The first-order chi connectivity index (χ1) is 16.1. The van der Waals surface area contributed by atoms with Gasteiger partial charge in [0.1, 0.15) is 0 Å². The van der Waals surface area contributed by atoms with Crippen LogP contribution in [-0.2, 0) is 23.6 Å². The third-order valence-corrected chi connectivity index (χ3v) is 5.42. The molecule has 0 radical (unpaired) electrons. The summed E-state index contributed by atoms with van der Waals surface area (Å²) in [4.78, 5) is 26.2. The van der Waals surface area contributed by atoms with Crippen LogP contribution in [0.15, 0.2) is 48.5 Å². The first-order valence-electron chi connectivity index (χ1n) is 10.1. The van der Waals surface area contributed by atoms with Crippen molar-refractivity contribution in [1.29, 1.82) is 0 Å². The zero-order valence-electron chi connectivity index (χ0n) is 17.6. The Labute approximate surface area is 192 Å². The first-order valence-corrected chi connectivity index (χ1v) is 10.1. The van der Waals surface area contributed by atoms with Gasteiger partial charge < -0.3 is 9.80 Å². The second-order valence-electron chi connectivity index (χ2n) is 7.89. The van der Waals surface area contributed by atoms with Crippen LogP contribution in [0.5, 0.6) is 0 Å². The third kappa shape index (κ3) is 6.25. The van der Waals surface area contributed by atoms with Gasteiger partial charge >= 0.3 is 24.4 Å². The van der Waals surface area contributed by atoms with Crippen LogP contribution in [-0.4, -0.2) is 53.5 Å². The molecule has 1 atom stereocenters. The molecular weight excluding hydrogens is 495 g/mol. The van der Waals surface area contributed by atoms with Crippen LogP contribution in [0.25, 0.3) is 0 Å². The number of hydrogen-bond donors (Lipinski definition) is 0. The number of alkyl halides is 9. The predicted molar refractivity (Wildman–Crippen MR) is 104 cm³/mol. The lowest BCUT2D eigenvalue weighted by Gasteiger charge is -2.42. The molecule has 1 saturated heterocycles. The van der Waals surface area contributed by atoms with Crippen LogP contribution < -0.4 is 0 Å². The Bertz CT molecular complexity index is 1050. The van der Waals surface area contributed by atoms with Crippen LogP contribution in [0, 0.1) is 0 Å². The number of nitrogens with zero attached hydrogens (tertiary/aromatic N) is 2. The molecule has 4 nitrogen and oxygen atoms in total. The van der Waals surface area contributed by atoms with Crippen molar-refractivity contribution in [2.24, 2.45) is 0 Å². The van der Waals surface area contributed by atoms with E-state index < -0.39 is 72.7 Å². The van der Waals surface area contributed by atoms with Gasteiger partial charge in [-0.15, -0.1) is 0 Å². The normalized spacial score (nSPS) is 17.5. The van der Waals surface area contributed by atoms with E-state index in [0.29, 0.717) is 10.5 Å². The number of carbonyl (C=O) groups is 2. The van der Waals surface area contributed by atoms with Crippen LogP contribution >= 0.6 is 0 Å². The summed E-state index contributed by atoms with van der Waals surface area (Å²) >= 11 is 0. The number of amides is 2. The number of halogens is 9. The summed E-state index contributed by atoms with van der Waals surface area (Å²) in [6.07, 6.45) is -15.6. The molecule has 13 heteroatoms. The molecule has 1 aliphatic rings. The highest BCUT2D eigenvalue weighted by atomic mass is 19.4. The summed E-state index contributed by atoms with van der Waals surface area (Å²) in [6, 6.07) is 7.30. The molecule has 35 heavy (non-hydrogen) atoms. The maximum atomic E-state index is 13.2. The van der Waals surface area contributed by atoms with Gasteiger partial charge in [0, 0.05) is 25.2 Å². The third-order valence-electron chi connectivity index (χ3n) is 5.42. The Balaban J connectivity index is 1.99. The summed E-state index contributed by atoms with van der Waals surface area (Å²) in [5.74, 6) is -3.37. The smallest absolute Gasteiger partial charge is 0.332 e. The van der Waals surface area contributed by atoms with E-state index in [1.54, 1.807) is 30.3 Å². The second kappa shape index (κ2) is 9.42. The summed E-state index contributed by atoms with van der Waals surface area (Å²) in [5, 5.41) is 0. The van der Waals surface area contributed by atoms with Gasteiger partial charge in [0.2, 0.25) is 0 Å². The lowest BCUT2D eigenvalue weighted by molar-refractivity contribution is -0.187. The quantitative estimate of drug-likeness (QED) is 0.532. The van der Waals surface area contributed by atoms with E-state index >= 15 is 0 Å². The summed E-state index contributed by atoms with van der Waals surface area (Å²) in [7, 11) is 0. The largest absolute Gasteiger partial charge is 0.471 e. The number of carbonyl (C=O) groups excluding carboxylic acids is 2. The van der Waals surface area contributed by atoms with E-state index in [2.05, 4.69) is 0 Å². The van der Waals surface area contributed by atoms with Crippen molar-refractivity contribution in [3.8, 4) is 0 Å². The van der Waals surface area contributed by atoms with Gasteiger partial charge in [0.05, 0.1) is 17.2 Å². The molecule has 0 unspecified atom stereocenters. The number of hydrogen-bond acceptors (Lipinski definition) is 2. The summed E-state index contributed by atoms with van der Waals surface area (Å²) in [6.45, 7) is -1.72. The first kappa shape index (κ1) is 26.4. The fourth-order valence-electron chi connectivity index (χ4n) is 3.79. The number of rotatable bonds is 3. The van der Waals surface area contributed by atoms with Crippen molar-refractivity contribution in [1.82, 2.24) is 9.80 Å². The maximum Gasteiger partial charge on any atom is 0.471 e. The van der Waals surface area contributed by atoms with Crippen molar-refractivity contribution in [2.75, 3.05) is 19.6 Å². The molecule has 0 aromatic heterocycles. The molecule has 3 rings (SSSR count). The van der Waals surface area contributed by atoms with E-state index in [0.717, 1.165) is 4.90 Å². The van der Waals surface area contributed by atoms with Gasteiger partial charge in [-0.25, -0.2) is 0 Å². The molecule has 1 heterocycles. The predicted octanol–water partition coefficient (Wildman–Crippen LogP) is 5.18. The van der Waals surface area contributed by atoms with Crippen molar-refractivity contribution in [2.45, 2.75) is 31.0 Å². The Kier molecular flexibility index (Phi) is 7.09. The lowest BCUT2D eigenvalue weighted by atomic mass is 9.99. The Morgan fingerprint density at radius 1 is 0.800 bits per heavy atom. The molecule has 1 aliphatic heterocycles. The second-order valence-corrected chi connectivity index (χ2v) is 7.89. The Hall–Kier alpha value is -3.25. The number of piperazine rings is 1. The summed E-state index contributed by atoms with van der Waals surface area (Å²) < 4.78 is 118. The van der Waals surface area contributed by atoms with Gasteiger partial charge in [-0.05, 0) is 30.2 Å². The van der Waals surface area contributed by atoms with Gasteiger partial charge in [-0.1, -0.05) is 30.3 Å². The fraction of sp³-hybridized carbons (Fsp3) is 0.364. The molecule has 0 bridgehead atoms. The van der Waals surface area contributed by atoms with Crippen LogP contribution in [0.4, 0.5) is 39.5 Å². The number of benzene rings is 2. The molecular formula is C22H17F9N2O2. The topological polar surface area (TPSA) is 40.6 Å². The average molecular weight is 512 g/mol. The highest BCUT2D eigenvalue weighted by Gasteiger charge is 2.45. The molecule has 0 N–H and O–H groups in total. The Morgan fingerprint density at radius 2 is 1.34 bits per heavy atom. The van der Waals surface area contributed by atoms with Crippen LogP contribution in [0.2, 0.25) is 0 Å². The standard InChI is InChI=1S/C22H17F9N2O2/c23-20(24,25)15-9-14(10-16(11-15)21(26,27)28)18(34)33-7-6-32(19(35)22(29,30)31)12-17(33)8-13-4-2-1-3-5-13/h1-5,9-11,17H,6-8,12H2/t17-/m1/s1. The van der Waals surface area contributed by atoms with Crippen LogP contribution in [0.3, 0.4) is 0 Å². The van der Waals surface area contributed by atoms with Crippen molar-refractivity contribution in [3.63, 3.8) is 0 Å². The monoisotopic (exact) mass is 512 g/mol. The molecule has 0 spiro atoms. The zero-order chi connectivity index (χ0) is 26.2. The van der Waals surface area contributed by atoms with Gasteiger partial charge in [0.15, 0.2) is 0 Å². The molecule has 190 valence electrons. The van der Waals surface area contributed by atoms with Gasteiger partial charge in [-0.2, -0.15) is 39.5 Å². The summed E-state index contributed by atoms with van der Waals surface area (Å²) in [5.41, 5.74) is -3.76. The van der Waals surface area contributed by atoms with E-state index in [4.69, 9.17) is 0 Å². The molecule has 2 aromatic rings. The zero-order valence-corrected chi connectivity index (χ0v) is 17.6. The Morgan fingerprint density at radius 3 is 1.83 bits per heavy atom. The maximum absolute atomic E-state index is 13.2. The van der Waals surface area contributed by atoms with Crippen molar-refractivity contribution >= 4 is 11.8 Å². The molecule has 2 amide bonds. The molecule has 2 aromatic carbocycles. The molecule has 1 fully saturated rings. The van der Waals surface area contributed by atoms with Crippen molar-refractivity contribution < 1.29 is 49.1 Å². The fourth-order valence-corrected chi connectivity index (χ4v) is 3.79. The minimum absolute atomic E-state index is 0.0840. The van der Waals surface area contributed by atoms with Crippen molar-refractivity contribution in [3.05, 3.63) is 70.8 Å². The lowest BCUT2D eigenvalue weighted by Crippen LogP contribution is -2.59. The van der Waals surface area contributed by atoms with Crippen LogP contribution in [0.1, 0.15) is 27.0 Å². The average Bonchev–Trinajstić information content (AvgIpc) is 2.76. The SMILES string of the molecule is O=C(c1cc(C(F)(F)F)cc(C(F)(F)F)c1)N1CCN(C(=O)C(F)(F)F)C[C@H]1Cc1ccccc1. The minimum atomic E-state index is -5.19.